The van der Waals surface area contributed by atoms with Gasteiger partial charge in [0.25, 0.3) is 0 Å². The second kappa shape index (κ2) is 9.79. The lowest BCUT2D eigenvalue weighted by Crippen LogP contribution is -2.40. The number of alkyl halides is 3. The van der Waals surface area contributed by atoms with Crippen LogP contribution in [0.2, 0.25) is 18.1 Å². The number of morpholine rings is 1. The van der Waals surface area contributed by atoms with Crippen molar-refractivity contribution in [3.8, 4) is 0 Å². The number of hydrogen-bond donors (Lipinski definition) is 0. The minimum atomic E-state index is -4.41. The number of halogens is 3. The predicted molar refractivity (Wildman–Crippen MR) is 137 cm³/mol. The lowest BCUT2D eigenvalue weighted by atomic mass is 9.98. The van der Waals surface area contributed by atoms with Crippen molar-refractivity contribution in [1.29, 1.82) is 0 Å². The largest absolute Gasteiger partial charge is 0.416 e. The lowest BCUT2D eigenvalue weighted by Gasteiger charge is -2.36. The maximum atomic E-state index is 13.6. The summed E-state index contributed by atoms with van der Waals surface area (Å²) in [6.45, 7) is 15.4. The van der Waals surface area contributed by atoms with Crippen LogP contribution >= 0.6 is 0 Å². The van der Waals surface area contributed by atoms with Gasteiger partial charge in [-0.25, -0.2) is 9.50 Å². The average Bonchev–Trinajstić information content (AvgIpc) is 3.15. The Labute approximate surface area is 211 Å². The second-order valence-electron chi connectivity index (χ2n) is 10.9. The fourth-order valence-electron chi connectivity index (χ4n) is 4.10. The Morgan fingerprint density at radius 3 is 2.39 bits per heavy atom. The molecule has 6 nitrogen and oxygen atoms in total. The maximum Gasteiger partial charge on any atom is 0.416 e. The number of fused-ring (bicyclic) bond motifs is 1. The van der Waals surface area contributed by atoms with E-state index in [9.17, 15) is 13.2 Å². The van der Waals surface area contributed by atoms with Crippen molar-refractivity contribution in [2.24, 2.45) is 0 Å². The molecule has 10 heteroatoms. The van der Waals surface area contributed by atoms with Crippen molar-refractivity contribution in [2.45, 2.75) is 65.0 Å². The third kappa shape index (κ3) is 5.45. The van der Waals surface area contributed by atoms with Gasteiger partial charge in [0.2, 0.25) is 0 Å². The van der Waals surface area contributed by atoms with E-state index in [1.807, 2.05) is 12.1 Å². The van der Waals surface area contributed by atoms with E-state index in [0.29, 0.717) is 36.7 Å². The molecule has 0 bridgehead atoms. The summed E-state index contributed by atoms with van der Waals surface area (Å²) in [6, 6.07) is 8.19. The topological polar surface area (TPSA) is 51.9 Å². The highest BCUT2D eigenvalue weighted by atomic mass is 28.4. The van der Waals surface area contributed by atoms with Gasteiger partial charge < -0.3 is 14.1 Å². The highest BCUT2D eigenvalue weighted by Crippen LogP contribution is 2.38. The number of ether oxygens (including phenoxy) is 1. The third-order valence-corrected chi connectivity index (χ3v) is 11.9. The van der Waals surface area contributed by atoms with Crippen molar-refractivity contribution in [1.82, 2.24) is 14.6 Å². The van der Waals surface area contributed by atoms with E-state index in [2.05, 4.69) is 38.8 Å². The molecule has 0 saturated carbocycles. The van der Waals surface area contributed by atoms with Crippen molar-refractivity contribution < 1.29 is 22.3 Å². The number of benzene rings is 1. The molecule has 4 rings (SSSR count). The SMILES string of the molecule is Cc1c(Cc2c(CO[Si](C)(C)C(C)(C)C)nc3ccc(N4CCOCC4)nn23)cccc1C(F)(F)F. The first kappa shape index (κ1) is 26.6. The molecule has 3 heterocycles. The summed E-state index contributed by atoms with van der Waals surface area (Å²) in [4.78, 5) is 6.96. The summed E-state index contributed by atoms with van der Waals surface area (Å²) in [6.07, 6.45) is -4.14. The number of hydrogen-bond acceptors (Lipinski definition) is 5. The molecule has 196 valence electrons. The van der Waals surface area contributed by atoms with Gasteiger partial charge in [-0.2, -0.15) is 13.2 Å². The number of rotatable bonds is 6. The fourth-order valence-corrected chi connectivity index (χ4v) is 5.03. The van der Waals surface area contributed by atoms with Gasteiger partial charge in [0.05, 0.1) is 36.8 Å². The van der Waals surface area contributed by atoms with Crippen LogP contribution < -0.4 is 4.90 Å². The standard InChI is InChI=1S/C26H35F3N4O2Si/c1-18-19(8-7-9-20(18)26(27,28)29)16-22-21(17-35-36(5,6)25(2,3)4)30-23-10-11-24(31-33(22)23)32-12-14-34-15-13-32/h7-11H,12-17H2,1-6H3. The first-order chi connectivity index (χ1) is 16.8. The molecule has 0 aliphatic carbocycles. The lowest BCUT2D eigenvalue weighted by molar-refractivity contribution is -0.138. The minimum absolute atomic E-state index is 0.0195. The minimum Gasteiger partial charge on any atom is -0.411 e. The predicted octanol–water partition coefficient (Wildman–Crippen LogP) is 6.01. The zero-order valence-corrected chi connectivity index (χ0v) is 22.9. The number of aromatic nitrogens is 3. The molecule has 1 fully saturated rings. The van der Waals surface area contributed by atoms with Crippen LogP contribution in [0.4, 0.5) is 19.0 Å². The van der Waals surface area contributed by atoms with Gasteiger partial charge in [0.1, 0.15) is 5.82 Å². The van der Waals surface area contributed by atoms with Crippen LogP contribution in [0.5, 0.6) is 0 Å². The average molecular weight is 521 g/mol. The summed E-state index contributed by atoms with van der Waals surface area (Å²) in [7, 11) is -2.07. The second-order valence-corrected chi connectivity index (χ2v) is 15.7. The molecule has 36 heavy (non-hydrogen) atoms. The maximum absolute atomic E-state index is 13.6. The van der Waals surface area contributed by atoms with Crippen LogP contribution in [0.3, 0.4) is 0 Å². The van der Waals surface area contributed by atoms with E-state index in [0.717, 1.165) is 30.7 Å². The quantitative estimate of drug-likeness (QED) is 0.373. The summed E-state index contributed by atoms with van der Waals surface area (Å²) in [5.74, 6) is 0.794. The molecule has 0 amide bonds. The van der Waals surface area contributed by atoms with Gasteiger partial charge in [-0.15, -0.1) is 5.10 Å². The van der Waals surface area contributed by atoms with Gasteiger partial charge in [-0.05, 0) is 54.4 Å². The molecular formula is C26H35F3N4O2Si. The molecule has 0 N–H and O–H groups in total. The normalized spacial score (nSPS) is 15.6. The highest BCUT2D eigenvalue weighted by molar-refractivity contribution is 6.74. The zero-order valence-electron chi connectivity index (χ0n) is 21.9. The number of nitrogens with zero attached hydrogens (tertiary/aromatic N) is 4. The number of imidazole rings is 1. The van der Waals surface area contributed by atoms with Gasteiger partial charge in [0, 0.05) is 19.5 Å². The molecule has 3 aromatic rings. The van der Waals surface area contributed by atoms with Crippen LogP contribution in [0.15, 0.2) is 30.3 Å². The number of anilines is 1. The van der Waals surface area contributed by atoms with Crippen molar-refractivity contribution in [3.05, 3.63) is 58.4 Å². The molecule has 1 saturated heterocycles. The smallest absolute Gasteiger partial charge is 0.411 e. The summed E-state index contributed by atoms with van der Waals surface area (Å²) >= 11 is 0. The van der Waals surface area contributed by atoms with Crippen LogP contribution in [0.1, 0.15) is 48.8 Å². The first-order valence-corrected chi connectivity index (χ1v) is 15.2. The first-order valence-electron chi connectivity index (χ1n) is 12.3. The van der Waals surface area contributed by atoms with E-state index >= 15 is 0 Å². The Hall–Kier alpha value is -2.43. The molecule has 1 aliphatic rings. The van der Waals surface area contributed by atoms with E-state index in [1.54, 1.807) is 10.6 Å². The Morgan fingerprint density at radius 1 is 1.06 bits per heavy atom. The van der Waals surface area contributed by atoms with E-state index in [1.165, 1.54) is 13.0 Å². The van der Waals surface area contributed by atoms with E-state index in [4.69, 9.17) is 19.2 Å². The summed E-state index contributed by atoms with van der Waals surface area (Å²) in [5, 5.41) is 4.89. The molecule has 1 aliphatic heterocycles. The Kier molecular flexibility index (Phi) is 7.24. The molecule has 0 unspecified atom stereocenters. The summed E-state index contributed by atoms with van der Waals surface area (Å²) < 4.78 is 54.5. The Morgan fingerprint density at radius 2 is 1.75 bits per heavy atom. The fraction of sp³-hybridized carbons (Fsp3) is 0.538. The van der Waals surface area contributed by atoms with Crippen LogP contribution in [0, 0.1) is 6.92 Å². The van der Waals surface area contributed by atoms with Gasteiger partial charge >= 0.3 is 6.18 Å². The molecule has 1 aromatic carbocycles. The monoisotopic (exact) mass is 520 g/mol. The van der Waals surface area contributed by atoms with Crippen molar-refractivity contribution >= 4 is 19.8 Å². The van der Waals surface area contributed by atoms with Gasteiger partial charge in [-0.3, -0.25) is 0 Å². The molecule has 0 atom stereocenters. The third-order valence-electron chi connectivity index (χ3n) is 7.46. The molecular weight excluding hydrogens is 485 g/mol. The van der Waals surface area contributed by atoms with Crippen LogP contribution in [0.25, 0.3) is 5.65 Å². The van der Waals surface area contributed by atoms with Crippen LogP contribution in [-0.2, 0) is 28.4 Å². The Balaban J connectivity index is 1.77. The van der Waals surface area contributed by atoms with E-state index in [-0.39, 0.29) is 17.0 Å². The van der Waals surface area contributed by atoms with E-state index < -0.39 is 20.1 Å². The molecule has 0 radical (unpaired) electrons. The van der Waals surface area contributed by atoms with Crippen molar-refractivity contribution in [3.63, 3.8) is 0 Å². The Bertz CT molecular complexity index is 1230. The van der Waals surface area contributed by atoms with Gasteiger partial charge in [0.15, 0.2) is 14.0 Å². The highest BCUT2D eigenvalue weighted by Gasteiger charge is 2.38. The van der Waals surface area contributed by atoms with Crippen molar-refractivity contribution in [2.75, 3.05) is 31.2 Å². The zero-order chi connectivity index (χ0) is 26.3. The van der Waals surface area contributed by atoms with Gasteiger partial charge in [-0.1, -0.05) is 32.9 Å². The van der Waals surface area contributed by atoms with Crippen LogP contribution in [-0.4, -0.2) is 49.2 Å². The summed E-state index contributed by atoms with van der Waals surface area (Å²) in [5.41, 5.74) is 2.32. The molecule has 0 spiro atoms. The molecule has 2 aromatic heterocycles.